The predicted octanol–water partition coefficient (Wildman–Crippen LogP) is 0.545. The first-order valence-electron chi connectivity index (χ1n) is 8.53. The summed E-state index contributed by atoms with van der Waals surface area (Å²) in [6.07, 6.45) is 1.31. The van der Waals surface area contributed by atoms with Gasteiger partial charge in [-0.15, -0.1) is 23.2 Å². The summed E-state index contributed by atoms with van der Waals surface area (Å²) in [7, 11) is 1.42. The van der Waals surface area contributed by atoms with Gasteiger partial charge in [0.1, 0.15) is 0 Å². The zero-order valence-electron chi connectivity index (χ0n) is 14.0. The largest absolute Gasteiger partial charge is 0.393 e. The van der Waals surface area contributed by atoms with Gasteiger partial charge in [-0.1, -0.05) is 0 Å². The number of carbonyl (C=O) groups is 1. The molecule has 1 amide bonds. The Bertz CT molecular complexity index is 417. The molecule has 0 bridgehead atoms. The zero-order chi connectivity index (χ0) is 17.9. The summed E-state index contributed by atoms with van der Waals surface area (Å²) >= 11 is 12.4. The standard InChI is InChI=1S/C16H28Cl2N2O4/c1-24-14(8-21)16(23)20-4-2-9(3-5-20)15(19)10-6-11(17)12(18)7-13(10)22/h9-15,21-22H,2-8,19H2,1H3/t10?,11?,12?,13?,14-,15-/m1/s1. The fourth-order valence-electron chi connectivity index (χ4n) is 3.84. The van der Waals surface area contributed by atoms with Gasteiger partial charge in [0.25, 0.3) is 5.91 Å². The van der Waals surface area contributed by atoms with Crippen molar-refractivity contribution < 1.29 is 19.7 Å². The molecule has 1 saturated heterocycles. The van der Waals surface area contributed by atoms with Gasteiger partial charge in [0, 0.05) is 32.2 Å². The van der Waals surface area contributed by atoms with Crippen LogP contribution in [0.4, 0.5) is 0 Å². The van der Waals surface area contributed by atoms with Gasteiger partial charge in [-0.2, -0.15) is 0 Å². The number of aliphatic hydroxyl groups is 2. The molecule has 140 valence electrons. The number of hydrogen-bond acceptors (Lipinski definition) is 5. The molecule has 2 fully saturated rings. The minimum Gasteiger partial charge on any atom is -0.393 e. The highest BCUT2D eigenvalue weighted by Gasteiger charge is 2.41. The molecule has 0 spiro atoms. The second-order valence-electron chi connectivity index (χ2n) is 6.88. The third-order valence-corrected chi connectivity index (χ3v) is 6.56. The van der Waals surface area contributed by atoms with Crippen LogP contribution in [-0.2, 0) is 9.53 Å². The van der Waals surface area contributed by atoms with E-state index in [1.54, 1.807) is 4.90 Å². The Morgan fingerprint density at radius 1 is 1.29 bits per heavy atom. The highest BCUT2D eigenvalue weighted by atomic mass is 35.5. The molecule has 8 heteroatoms. The third-order valence-electron chi connectivity index (χ3n) is 5.47. The number of amides is 1. The fourth-order valence-corrected chi connectivity index (χ4v) is 4.44. The van der Waals surface area contributed by atoms with Crippen molar-refractivity contribution in [1.82, 2.24) is 4.90 Å². The molecule has 1 saturated carbocycles. The number of hydrogen-bond donors (Lipinski definition) is 3. The SMILES string of the molecule is CO[C@H](CO)C(=O)N1CCC([C@@H](N)C2CC(Cl)C(Cl)CC2O)CC1. The van der Waals surface area contributed by atoms with Gasteiger partial charge in [0.15, 0.2) is 6.10 Å². The number of nitrogens with two attached hydrogens (primary N) is 1. The second kappa shape index (κ2) is 9.01. The number of alkyl halides is 2. The molecule has 6 nitrogen and oxygen atoms in total. The van der Waals surface area contributed by atoms with E-state index in [2.05, 4.69) is 0 Å². The summed E-state index contributed by atoms with van der Waals surface area (Å²) in [6.45, 7) is 0.852. The summed E-state index contributed by atoms with van der Waals surface area (Å²) in [4.78, 5) is 13.9. The van der Waals surface area contributed by atoms with Crippen LogP contribution in [0.15, 0.2) is 0 Å². The Balaban J connectivity index is 1.88. The molecule has 0 aromatic rings. The molecule has 1 aliphatic carbocycles. The lowest BCUT2D eigenvalue weighted by Gasteiger charge is -2.42. The maximum absolute atomic E-state index is 12.2. The number of rotatable bonds is 5. The molecule has 2 aliphatic rings. The Kier molecular flexibility index (Phi) is 7.59. The van der Waals surface area contributed by atoms with E-state index in [9.17, 15) is 9.90 Å². The Labute approximate surface area is 153 Å². The summed E-state index contributed by atoms with van der Waals surface area (Å²) in [5, 5.41) is 19.1. The molecule has 2 rings (SSSR count). The van der Waals surface area contributed by atoms with Crippen molar-refractivity contribution in [2.75, 3.05) is 26.8 Å². The van der Waals surface area contributed by atoms with Crippen LogP contribution < -0.4 is 5.73 Å². The van der Waals surface area contributed by atoms with Gasteiger partial charge in [0.2, 0.25) is 0 Å². The average molecular weight is 383 g/mol. The number of aliphatic hydroxyl groups excluding tert-OH is 2. The van der Waals surface area contributed by atoms with Crippen molar-refractivity contribution in [2.24, 2.45) is 17.6 Å². The summed E-state index contributed by atoms with van der Waals surface area (Å²) < 4.78 is 4.99. The number of methoxy groups -OCH3 is 1. The Morgan fingerprint density at radius 3 is 2.42 bits per heavy atom. The second-order valence-corrected chi connectivity index (χ2v) is 8.00. The summed E-state index contributed by atoms with van der Waals surface area (Å²) in [5.41, 5.74) is 6.43. The highest BCUT2D eigenvalue weighted by molar-refractivity contribution is 6.30. The van der Waals surface area contributed by atoms with E-state index >= 15 is 0 Å². The van der Waals surface area contributed by atoms with Gasteiger partial charge in [0.05, 0.1) is 23.5 Å². The first-order valence-corrected chi connectivity index (χ1v) is 9.40. The van der Waals surface area contributed by atoms with Gasteiger partial charge < -0.3 is 25.6 Å². The van der Waals surface area contributed by atoms with Crippen LogP contribution in [0.2, 0.25) is 0 Å². The smallest absolute Gasteiger partial charge is 0.254 e. The lowest BCUT2D eigenvalue weighted by Crippen LogP contribution is -2.53. The van der Waals surface area contributed by atoms with Crippen LogP contribution in [-0.4, -0.2) is 76.8 Å². The van der Waals surface area contributed by atoms with Crippen molar-refractivity contribution in [1.29, 1.82) is 0 Å². The Morgan fingerprint density at radius 2 is 1.88 bits per heavy atom. The van der Waals surface area contributed by atoms with E-state index in [1.807, 2.05) is 0 Å². The van der Waals surface area contributed by atoms with E-state index < -0.39 is 12.2 Å². The molecule has 1 aliphatic heterocycles. The number of ether oxygens (including phenoxy) is 1. The van der Waals surface area contributed by atoms with Crippen molar-refractivity contribution in [3.63, 3.8) is 0 Å². The number of likely N-dealkylation sites (tertiary alicyclic amines) is 1. The van der Waals surface area contributed by atoms with E-state index in [0.717, 1.165) is 12.8 Å². The fraction of sp³-hybridized carbons (Fsp3) is 0.938. The van der Waals surface area contributed by atoms with Gasteiger partial charge in [-0.05, 0) is 31.6 Å². The van der Waals surface area contributed by atoms with E-state index in [4.69, 9.17) is 38.8 Å². The van der Waals surface area contributed by atoms with Crippen LogP contribution in [0.25, 0.3) is 0 Å². The molecule has 24 heavy (non-hydrogen) atoms. The minimum atomic E-state index is -0.798. The quantitative estimate of drug-likeness (QED) is 0.603. The molecule has 4 unspecified atom stereocenters. The molecular formula is C16H28Cl2N2O4. The molecule has 6 atom stereocenters. The maximum Gasteiger partial charge on any atom is 0.254 e. The van der Waals surface area contributed by atoms with Gasteiger partial charge in [-0.3, -0.25) is 4.79 Å². The molecule has 0 radical (unpaired) electrons. The van der Waals surface area contributed by atoms with Gasteiger partial charge >= 0.3 is 0 Å². The molecule has 0 aromatic carbocycles. The number of halogens is 2. The minimum absolute atomic E-state index is 0.0566. The van der Waals surface area contributed by atoms with Crippen LogP contribution >= 0.6 is 23.2 Å². The van der Waals surface area contributed by atoms with Crippen molar-refractivity contribution >= 4 is 29.1 Å². The van der Waals surface area contributed by atoms with Crippen LogP contribution in [0.1, 0.15) is 25.7 Å². The molecular weight excluding hydrogens is 355 g/mol. The van der Waals surface area contributed by atoms with Crippen LogP contribution in [0.5, 0.6) is 0 Å². The van der Waals surface area contributed by atoms with E-state index in [-0.39, 0.29) is 41.1 Å². The average Bonchev–Trinajstić information content (AvgIpc) is 2.58. The maximum atomic E-state index is 12.2. The predicted molar refractivity (Wildman–Crippen MR) is 93.2 cm³/mol. The summed E-state index contributed by atoms with van der Waals surface area (Å²) in [6, 6.07) is -0.154. The first-order chi connectivity index (χ1) is 11.4. The van der Waals surface area contributed by atoms with E-state index in [1.165, 1.54) is 7.11 Å². The number of carbonyl (C=O) groups excluding carboxylic acids is 1. The third kappa shape index (κ3) is 4.54. The van der Waals surface area contributed by atoms with Crippen LogP contribution in [0.3, 0.4) is 0 Å². The molecule has 1 heterocycles. The van der Waals surface area contributed by atoms with Crippen molar-refractivity contribution in [3.8, 4) is 0 Å². The summed E-state index contributed by atoms with van der Waals surface area (Å²) in [5.74, 6) is -0.00555. The zero-order valence-corrected chi connectivity index (χ0v) is 15.5. The lowest BCUT2D eigenvalue weighted by molar-refractivity contribution is -0.145. The number of piperidine rings is 1. The highest BCUT2D eigenvalue weighted by Crippen LogP contribution is 2.36. The van der Waals surface area contributed by atoms with Gasteiger partial charge in [-0.25, -0.2) is 0 Å². The Hall–Kier alpha value is -0.110. The first kappa shape index (κ1) is 20.2. The van der Waals surface area contributed by atoms with Crippen LogP contribution in [0, 0.1) is 11.8 Å². The molecule has 4 N–H and O–H groups in total. The normalized spacial score (nSPS) is 34.8. The van der Waals surface area contributed by atoms with Crippen molar-refractivity contribution in [3.05, 3.63) is 0 Å². The monoisotopic (exact) mass is 382 g/mol. The number of nitrogens with zero attached hydrogens (tertiary/aromatic N) is 1. The lowest BCUT2D eigenvalue weighted by atomic mass is 9.74. The topological polar surface area (TPSA) is 96.0 Å². The molecule has 0 aromatic heterocycles. The van der Waals surface area contributed by atoms with Crippen molar-refractivity contribution in [2.45, 2.75) is 54.7 Å². The van der Waals surface area contributed by atoms with E-state index in [0.29, 0.717) is 25.9 Å².